The molecule has 0 fully saturated rings. The fourth-order valence-electron chi connectivity index (χ4n) is 1.32. The Hall–Kier alpha value is -1.81. The molecule has 2 rings (SSSR count). The zero-order valence-corrected chi connectivity index (χ0v) is 10.2. The van der Waals surface area contributed by atoms with E-state index in [9.17, 15) is 0 Å². The van der Waals surface area contributed by atoms with Crippen molar-refractivity contribution in [1.82, 2.24) is 10.2 Å². The van der Waals surface area contributed by atoms with E-state index < -0.39 is 0 Å². The molecule has 0 saturated carbocycles. The Morgan fingerprint density at radius 1 is 1.18 bits per heavy atom. The number of halogens is 1. The van der Waals surface area contributed by atoms with Crippen LogP contribution in [0.2, 0.25) is 5.02 Å². The number of aryl methyl sites for hydroxylation is 1. The van der Waals surface area contributed by atoms with E-state index in [1.54, 1.807) is 0 Å². The van der Waals surface area contributed by atoms with Gasteiger partial charge in [-0.1, -0.05) is 29.8 Å². The van der Waals surface area contributed by atoms with Gasteiger partial charge in [-0.3, -0.25) is 0 Å². The van der Waals surface area contributed by atoms with Gasteiger partial charge in [0.25, 0.3) is 5.88 Å². The van der Waals surface area contributed by atoms with Gasteiger partial charge in [0.05, 0.1) is 13.3 Å². The Morgan fingerprint density at radius 3 is 2.65 bits per heavy atom. The molecule has 0 amide bonds. The van der Waals surface area contributed by atoms with E-state index in [-0.39, 0.29) is 5.88 Å². The van der Waals surface area contributed by atoms with Crippen LogP contribution in [-0.4, -0.2) is 17.3 Å². The van der Waals surface area contributed by atoms with Gasteiger partial charge in [-0.25, -0.2) is 0 Å². The van der Waals surface area contributed by atoms with Crippen molar-refractivity contribution in [2.24, 2.45) is 0 Å². The number of benzene rings is 1. The number of para-hydroxylation sites is 1. The first-order chi connectivity index (χ1) is 8.22. The summed E-state index contributed by atoms with van der Waals surface area (Å²) in [6.07, 6.45) is 1.44. The van der Waals surface area contributed by atoms with E-state index in [1.165, 1.54) is 13.3 Å². The standard InChI is InChI=1S/C12H11ClN2O2/c1-8-5-3-4-6-9(8)17-12-11(13)10(16-2)7-14-15-12/h3-7H,1-2H3. The summed E-state index contributed by atoms with van der Waals surface area (Å²) in [7, 11) is 1.51. The molecule has 0 aliphatic rings. The summed E-state index contributed by atoms with van der Waals surface area (Å²) in [4.78, 5) is 0. The van der Waals surface area contributed by atoms with Crippen molar-refractivity contribution in [2.75, 3.05) is 7.11 Å². The van der Waals surface area contributed by atoms with Gasteiger partial charge in [0.15, 0.2) is 5.75 Å². The third kappa shape index (κ3) is 2.47. The summed E-state index contributed by atoms with van der Waals surface area (Å²) in [6, 6.07) is 7.59. The molecule has 0 aliphatic heterocycles. The molecular formula is C12H11ClN2O2. The number of nitrogens with zero attached hydrogens (tertiary/aromatic N) is 2. The van der Waals surface area contributed by atoms with Crippen molar-refractivity contribution < 1.29 is 9.47 Å². The van der Waals surface area contributed by atoms with E-state index in [0.717, 1.165) is 5.56 Å². The van der Waals surface area contributed by atoms with Gasteiger partial charge in [-0.05, 0) is 18.6 Å². The first kappa shape index (κ1) is 11.7. The molecule has 88 valence electrons. The van der Waals surface area contributed by atoms with E-state index in [0.29, 0.717) is 16.5 Å². The van der Waals surface area contributed by atoms with E-state index in [2.05, 4.69) is 10.2 Å². The van der Waals surface area contributed by atoms with Gasteiger partial charge >= 0.3 is 0 Å². The van der Waals surface area contributed by atoms with Crippen molar-refractivity contribution in [3.05, 3.63) is 41.0 Å². The molecule has 2 aromatic rings. The number of hydrogen-bond donors (Lipinski definition) is 0. The molecule has 1 aromatic heterocycles. The van der Waals surface area contributed by atoms with Crippen molar-refractivity contribution >= 4 is 11.6 Å². The zero-order valence-electron chi connectivity index (χ0n) is 9.48. The van der Waals surface area contributed by atoms with Gasteiger partial charge in [-0.15, -0.1) is 5.10 Å². The molecule has 4 nitrogen and oxygen atoms in total. The van der Waals surface area contributed by atoms with Gasteiger partial charge in [0.1, 0.15) is 10.8 Å². The lowest BCUT2D eigenvalue weighted by atomic mass is 10.2. The second-order valence-electron chi connectivity index (χ2n) is 3.40. The average Bonchev–Trinajstić information content (AvgIpc) is 2.34. The van der Waals surface area contributed by atoms with Crippen LogP contribution in [0.5, 0.6) is 17.4 Å². The summed E-state index contributed by atoms with van der Waals surface area (Å²) in [5.41, 5.74) is 0.994. The summed E-state index contributed by atoms with van der Waals surface area (Å²) < 4.78 is 10.6. The molecule has 0 atom stereocenters. The van der Waals surface area contributed by atoms with Gasteiger partial charge in [0.2, 0.25) is 0 Å². The van der Waals surface area contributed by atoms with Crippen LogP contribution >= 0.6 is 11.6 Å². The monoisotopic (exact) mass is 250 g/mol. The smallest absolute Gasteiger partial charge is 0.261 e. The predicted molar refractivity (Wildman–Crippen MR) is 64.8 cm³/mol. The fraction of sp³-hybridized carbons (Fsp3) is 0.167. The van der Waals surface area contributed by atoms with Crippen molar-refractivity contribution in [1.29, 1.82) is 0 Å². The van der Waals surface area contributed by atoms with Gasteiger partial charge in [-0.2, -0.15) is 5.10 Å². The molecule has 0 saturated heterocycles. The van der Waals surface area contributed by atoms with Crippen LogP contribution in [0.1, 0.15) is 5.56 Å². The van der Waals surface area contributed by atoms with Crippen LogP contribution in [0, 0.1) is 6.92 Å². The van der Waals surface area contributed by atoms with Crippen molar-refractivity contribution in [3.8, 4) is 17.4 Å². The minimum absolute atomic E-state index is 0.236. The Balaban J connectivity index is 2.34. The molecule has 0 spiro atoms. The van der Waals surface area contributed by atoms with E-state index in [4.69, 9.17) is 21.1 Å². The highest BCUT2D eigenvalue weighted by molar-refractivity contribution is 6.33. The number of ether oxygens (including phenoxy) is 2. The molecule has 0 N–H and O–H groups in total. The number of methoxy groups -OCH3 is 1. The highest BCUT2D eigenvalue weighted by Gasteiger charge is 2.12. The lowest BCUT2D eigenvalue weighted by molar-refractivity contribution is 0.399. The molecule has 0 unspecified atom stereocenters. The third-order valence-corrected chi connectivity index (χ3v) is 2.60. The summed E-state index contributed by atoms with van der Waals surface area (Å²) in [5.74, 6) is 1.36. The maximum atomic E-state index is 6.06. The second kappa shape index (κ2) is 5.01. The first-order valence-corrected chi connectivity index (χ1v) is 5.39. The van der Waals surface area contributed by atoms with Crippen molar-refractivity contribution in [2.45, 2.75) is 6.92 Å². The molecule has 0 aliphatic carbocycles. The summed E-state index contributed by atoms with van der Waals surface area (Å²) >= 11 is 6.06. The predicted octanol–water partition coefficient (Wildman–Crippen LogP) is 3.24. The topological polar surface area (TPSA) is 44.2 Å². The zero-order chi connectivity index (χ0) is 12.3. The normalized spacial score (nSPS) is 10.1. The van der Waals surface area contributed by atoms with E-state index >= 15 is 0 Å². The minimum Gasteiger partial charge on any atom is -0.493 e. The average molecular weight is 251 g/mol. The Labute approximate surface area is 104 Å². The van der Waals surface area contributed by atoms with Crippen LogP contribution in [0.15, 0.2) is 30.5 Å². The SMILES string of the molecule is COc1cnnc(Oc2ccccc2C)c1Cl. The summed E-state index contributed by atoms with van der Waals surface area (Å²) in [6.45, 7) is 1.94. The highest BCUT2D eigenvalue weighted by Crippen LogP contribution is 2.34. The maximum Gasteiger partial charge on any atom is 0.261 e. The van der Waals surface area contributed by atoms with Crippen LogP contribution in [-0.2, 0) is 0 Å². The van der Waals surface area contributed by atoms with Crippen LogP contribution in [0.4, 0.5) is 0 Å². The quantitative estimate of drug-likeness (QED) is 0.839. The molecule has 0 bridgehead atoms. The maximum absolute atomic E-state index is 6.06. The van der Waals surface area contributed by atoms with Gasteiger partial charge in [0, 0.05) is 0 Å². The second-order valence-corrected chi connectivity index (χ2v) is 3.78. The van der Waals surface area contributed by atoms with Crippen LogP contribution < -0.4 is 9.47 Å². The highest BCUT2D eigenvalue weighted by atomic mass is 35.5. The molecule has 5 heteroatoms. The first-order valence-electron chi connectivity index (χ1n) is 5.01. The number of hydrogen-bond acceptors (Lipinski definition) is 4. The van der Waals surface area contributed by atoms with Crippen LogP contribution in [0.25, 0.3) is 0 Å². The minimum atomic E-state index is 0.236. The molecule has 0 radical (unpaired) electrons. The Kier molecular flexibility index (Phi) is 3.44. The third-order valence-electron chi connectivity index (χ3n) is 2.25. The van der Waals surface area contributed by atoms with Crippen LogP contribution in [0.3, 0.4) is 0 Å². The van der Waals surface area contributed by atoms with Crippen molar-refractivity contribution in [3.63, 3.8) is 0 Å². The molecule has 1 aromatic carbocycles. The molecule has 1 heterocycles. The van der Waals surface area contributed by atoms with Gasteiger partial charge < -0.3 is 9.47 Å². The molecule has 17 heavy (non-hydrogen) atoms. The summed E-state index contributed by atoms with van der Waals surface area (Å²) in [5, 5.41) is 7.91. The fourth-order valence-corrected chi connectivity index (χ4v) is 1.52. The van der Waals surface area contributed by atoms with E-state index in [1.807, 2.05) is 31.2 Å². The number of aromatic nitrogens is 2. The number of rotatable bonds is 3. The lowest BCUT2D eigenvalue weighted by Crippen LogP contribution is -1.95. The Morgan fingerprint density at radius 2 is 1.94 bits per heavy atom. The lowest BCUT2D eigenvalue weighted by Gasteiger charge is -2.09. The largest absolute Gasteiger partial charge is 0.493 e. The Bertz CT molecular complexity index is 532. The molecular weight excluding hydrogens is 240 g/mol.